The molecule has 1 rings (SSSR count). The van der Waals surface area contributed by atoms with Gasteiger partial charge in [0.1, 0.15) is 0 Å². The molecular formula is C11H26ClN3O4S. The first-order chi connectivity index (χ1) is 9.10. The minimum absolute atomic E-state index is 0. The van der Waals surface area contributed by atoms with Crippen molar-refractivity contribution in [3.8, 4) is 0 Å². The third-order valence-corrected chi connectivity index (χ3v) is 4.76. The van der Waals surface area contributed by atoms with Gasteiger partial charge in [-0.25, -0.2) is 0 Å². The van der Waals surface area contributed by atoms with Gasteiger partial charge in [-0.3, -0.25) is 0 Å². The van der Waals surface area contributed by atoms with E-state index in [2.05, 4.69) is 10.0 Å². The van der Waals surface area contributed by atoms with Gasteiger partial charge in [0.25, 0.3) is 10.2 Å². The summed E-state index contributed by atoms with van der Waals surface area (Å²) < 4.78 is 38.6. The van der Waals surface area contributed by atoms with Crippen molar-refractivity contribution in [2.45, 2.75) is 18.9 Å². The molecule has 1 saturated heterocycles. The Balaban J connectivity index is 0.00000361. The zero-order valence-electron chi connectivity index (χ0n) is 12.1. The Kier molecular flexibility index (Phi) is 10.7. The third-order valence-electron chi connectivity index (χ3n) is 3.08. The second-order valence-corrected chi connectivity index (χ2v) is 6.23. The number of piperidine rings is 1. The Morgan fingerprint density at radius 2 is 1.65 bits per heavy atom. The van der Waals surface area contributed by atoms with Crippen molar-refractivity contribution in [1.29, 1.82) is 0 Å². The van der Waals surface area contributed by atoms with Crippen LogP contribution in [0, 0.1) is 0 Å². The van der Waals surface area contributed by atoms with Crippen molar-refractivity contribution in [2.75, 3.05) is 53.6 Å². The first kappa shape index (κ1) is 20.0. The van der Waals surface area contributed by atoms with E-state index in [9.17, 15) is 8.42 Å². The highest BCUT2D eigenvalue weighted by Crippen LogP contribution is 2.07. The fourth-order valence-electron chi connectivity index (χ4n) is 1.96. The molecule has 9 heteroatoms. The third kappa shape index (κ3) is 7.16. The van der Waals surface area contributed by atoms with Crippen LogP contribution in [0.1, 0.15) is 12.8 Å². The Bertz CT molecular complexity index is 329. The molecule has 0 aliphatic carbocycles. The average molecular weight is 332 g/mol. The highest BCUT2D eigenvalue weighted by atomic mass is 35.5. The maximum absolute atomic E-state index is 12.3. The normalized spacial score (nSPS) is 17.1. The van der Waals surface area contributed by atoms with E-state index in [-0.39, 0.29) is 18.4 Å². The number of nitrogens with zero attached hydrogens (tertiary/aromatic N) is 1. The number of halogens is 1. The van der Waals surface area contributed by atoms with Crippen LogP contribution in [0.4, 0.5) is 0 Å². The molecular weight excluding hydrogens is 306 g/mol. The van der Waals surface area contributed by atoms with Crippen LogP contribution in [0.3, 0.4) is 0 Å². The van der Waals surface area contributed by atoms with Gasteiger partial charge in [-0.05, 0) is 25.9 Å². The SMILES string of the molecule is COCCN(CCOC)S(=O)(=O)NC1CCNCC1.Cl. The average Bonchev–Trinajstić information content (AvgIpc) is 2.39. The molecule has 0 amide bonds. The zero-order chi connectivity index (χ0) is 14.1. The lowest BCUT2D eigenvalue weighted by molar-refractivity contribution is 0.149. The molecule has 1 aliphatic heterocycles. The van der Waals surface area contributed by atoms with E-state index in [1.807, 2.05) is 0 Å². The second kappa shape index (κ2) is 10.7. The van der Waals surface area contributed by atoms with Crippen molar-refractivity contribution < 1.29 is 17.9 Å². The Labute approximate surface area is 128 Å². The van der Waals surface area contributed by atoms with Crippen LogP contribution >= 0.6 is 12.4 Å². The predicted molar refractivity (Wildman–Crippen MR) is 80.5 cm³/mol. The molecule has 1 aliphatic rings. The van der Waals surface area contributed by atoms with E-state index in [4.69, 9.17) is 9.47 Å². The molecule has 1 fully saturated rings. The molecule has 0 atom stereocenters. The summed E-state index contributed by atoms with van der Waals surface area (Å²) in [6, 6.07) is 0.0128. The van der Waals surface area contributed by atoms with Gasteiger partial charge in [0.05, 0.1) is 13.2 Å². The summed E-state index contributed by atoms with van der Waals surface area (Å²) >= 11 is 0. The van der Waals surface area contributed by atoms with Crippen LogP contribution in [0.15, 0.2) is 0 Å². The van der Waals surface area contributed by atoms with Crippen molar-refractivity contribution in [1.82, 2.24) is 14.3 Å². The van der Waals surface area contributed by atoms with Crippen LogP contribution in [0.2, 0.25) is 0 Å². The second-order valence-electron chi connectivity index (χ2n) is 4.53. The van der Waals surface area contributed by atoms with Gasteiger partial charge in [0, 0.05) is 33.4 Å². The standard InChI is InChI=1S/C11H25N3O4S.ClH/c1-17-9-7-14(8-10-18-2)19(15,16)13-11-3-5-12-6-4-11;/h11-13H,3-10H2,1-2H3;1H. The number of methoxy groups -OCH3 is 2. The quantitative estimate of drug-likeness (QED) is 0.600. The van der Waals surface area contributed by atoms with Gasteiger partial charge < -0.3 is 14.8 Å². The molecule has 122 valence electrons. The number of nitrogens with one attached hydrogen (secondary N) is 2. The Morgan fingerprint density at radius 1 is 1.15 bits per heavy atom. The summed E-state index contributed by atoms with van der Waals surface area (Å²) in [6.07, 6.45) is 1.64. The molecule has 0 aromatic rings. The van der Waals surface area contributed by atoms with Crippen molar-refractivity contribution in [3.05, 3.63) is 0 Å². The van der Waals surface area contributed by atoms with Gasteiger partial charge in [-0.15, -0.1) is 12.4 Å². The van der Waals surface area contributed by atoms with E-state index >= 15 is 0 Å². The van der Waals surface area contributed by atoms with Gasteiger partial charge in [0.15, 0.2) is 0 Å². The van der Waals surface area contributed by atoms with Crippen LogP contribution < -0.4 is 10.0 Å². The minimum atomic E-state index is -3.47. The number of ether oxygens (including phenoxy) is 2. The molecule has 1 heterocycles. The highest BCUT2D eigenvalue weighted by Gasteiger charge is 2.25. The summed E-state index contributed by atoms with van der Waals surface area (Å²) in [7, 11) is -0.357. The number of hydrogen-bond acceptors (Lipinski definition) is 5. The van der Waals surface area contributed by atoms with E-state index < -0.39 is 10.2 Å². The smallest absolute Gasteiger partial charge is 0.279 e. The van der Waals surface area contributed by atoms with Gasteiger partial charge in [0.2, 0.25) is 0 Å². The summed E-state index contributed by atoms with van der Waals surface area (Å²) in [5.74, 6) is 0. The molecule has 7 nitrogen and oxygen atoms in total. The molecule has 0 saturated carbocycles. The summed E-state index contributed by atoms with van der Waals surface area (Å²) in [6.45, 7) is 3.11. The monoisotopic (exact) mass is 331 g/mol. The molecule has 2 N–H and O–H groups in total. The van der Waals surface area contributed by atoms with Crippen LogP contribution in [-0.4, -0.2) is 72.4 Å². The zero-order valence-corrected chi connectivity index (χ0v) is 13.8. The van der Waals surface area contributed by atoms with Crippen LogP contribution in [0.25, 0.3) is 0 Å². The fourth-order valence-corrected chi connectivity index (χ4v) is 3.40. The lowest BCUT2D eigenvalue weighted by Gasteiger charge is -2.28. The van der Waals surface area contributed by atoms with Crippen molar-refractivity contribution in [2.24, 2.45) is 0 Å². The van der Waals surface area contributed by atoms with Gasteiger partial charge in [-0.1, -0.05) is 0 Å². The lowest BCUT2D eigenvalue weighted by atomic mass is 10.1. The van der Waals surface area contributed by atoms with Crippen molar-refractivity contribution in [3.63, 3.8) is 0 Å². The summed E-state index contributed by atoms with van der Waals surface area (Å²) in [5, 5.41) is 3.21. The van der Waals surface area contributed by atoms with Crippen LogP contribution in [0.5, 0.6) is 0 Å². The predicted octanol–water partition coefficient (Wildman–Crippen LogP) is -0.411. The Morgan fingerprint density at radius 3 is 2.10 bits per heavy atom. The van der Waals surface area contributed by atoms with Gasteiger partial charge in [-0.2, -0.15) is 17.4 Å². The largest absolute Gasteiger partial charge is 0.383 e. The van der Waals surface area contributed by atoms with E-state index in [0.29, 0.717) is 26.3 Å². The number of hydrogen-bond donors (Lipinski definition) is 2. The van der Waals surface area contributed by atoms with E-state index in [1.54, 1.807) is 14.2 Å². The maximum Gasteiger partial charge on any atom is 0.279 e. The Hall–Kier alpha value is 0.0400. The first-order valence-corrected chi connectivity index (χ1v) is 8.00. The molecule has 0 aromatic heterocycles. The first-order valence-electron chi connectivity index (χ1n) is 6.56. The van der Waals surface area contributed by atoms with Gasteiger partial charge >= 0.3 is 0 Å². The topological polar surface area (TPSA) is 79.9 Å². The minimum Gasteiger partial charge on any atom is -0.383 e. The maximum atomic E-state index is 12.3. The molecule has 0 aromatic carbocycles. The van der Waals surface area contributed by atoms with Crippen molar-refractivity contribution >= 4 is 22.6 Å². The lowest BCUT2D eigenvalue weighted by Crippen LogP contribution is -2.50. The molecule has 20 heavy (non-hydrogen) atoms. The van der Waals surface area contributed by atoms with Crippen LogP contribution in [-0.2, 0) is 19.7 Å². The highest BCUT2D eigenvalue weighted by molar-refractivity contribution is 7.87. The summed E-state index contributed by atoms with van der Waals surface area (Å²) in [4.78, 5) is 0. The molecule has 0 radical (unpaired) electrons. The summed E-state index contributed by atoms with van der Waals surface area (Å²) in [5.41, 5.74) is 0. The number of rotatable bonds is 9. The molecule has 0 spiro atoms. The molecule has 0 unspecified atom stereocenters. The fraction of sp³-hybridized carbons (Fsp3) is 1.00. The van der Waals surface area contributed by atoms with E-state index in [1.165, 1.54) is 4.31 Å². The molecule has 0 bridgehead atoms. The van der Waals surface area contributed by atoms with E-state index in [0.717, 1.165) is 25.9 Å².